The molecule has 1 aromatic rings. The van der Waals surface area contributed by atoms with Crippen LogP contribution in [-0.4, -0.2) is 5.66 Å². The molecule has 80 valence electrons. The lowest BCUT2D eigenvalue weighted by atomic mass is 9.91. The van der Waals surface area contributed by atoms with Crippen molar-refractivity contribution in [2.75, 3.05) is 11.1 Å². The van der Waals surface area contributed by atoms with Gasteiger partial charge in [-0.2, -0.15) is 0 Å². The Labute approximate surface area is 90.2 Å². The molecule has 1 aromatic carbocycles. The largest absolute Gasteiger partial charge is 0.399 e. The van der Waals surface area contributed by atoms with Gasteiger partial charge in [0.1, 0.15) is 5.66 Å². The van der Waals surface area contributed by atoms with Crippen LogP contribution in [0.3, 0.4) is 0 Å². The normalized spacial score (nSPS) is 23.7. The van der Waals surface area contributed by atoms with E-state index in [4.69, 9.17) is 11.5 Å². The molecule has 0 radical (unpaired) electrons. The molecule has 0 amide bonds. The number of rotatable bonds is 1. The van der Waals surface area contributed by atoms with Gasteiger partial charge in [-0.15, -0.1) is 0 Å². The zero-order valence-electron chi connectivity index (χ0n) is 9.12. The smallest absolute Gasteiger partial charge is 0.108 e. The minimum absolute atomic E-state index is 0.333. The molecule has 1 heterocycles. The molecule has 1 atom stereocenters. The molecular weight excluding hydrogens is 186 g/mol. The van der Waals surface area contributed by atoms with Gasteiger partial charge in [0.25, 0.3) is 0 Å². The van der Waals surface area contributed by atoms with E-state index in [1.165, 1.54) is 0 Å². The number of nitrogen functional groups attached to an aromatic ring is 1. The molecule has 0 saturated heterocycles. The minimum atomic E-state index is -0.455. The van der Waals surface area contributed by atoms with Gasteiger partial charge in [0.2, 0.25) is 0 Å². The van der Waals surface area contributed by atoms with Crippen LogP contribution in [0.25, 0.3) is 6.08 Å². The molecule has 0 fully saturated rings. The zero-order chi connectivity index (χ0) is 11.1. The van der Waals surface area contributed by atoms with Crippen LogP contribution in [0, 0.1) is 5.92 Å². The second-order valence-electron chi connectivity index (χ2n) is 4.39. The lowest BCUT2D eigenvalue weighted by molar-refractivity contribution is 0.432. The number of hydrogen-bond donors (Lipinski definition) is 3. The molecule has 3 nitrogen and oxygen atoms in total. The predicted molar refractivity (Wildman–Crippen MR) is 65.3 cm³/mol. The van der Waals surface area contributed by atoms with Crippen molar-refractivity contribution in [3.8, 4) is 0 Å². The molecule has 0 spiro atoms. The lowest BCUT2D eigenvalue weighted by Gasteiger charge is -2.36. The van der Waals surface area contributed by atoms with Crippen LogP contribution in [0.4, 0.5) is 11.4 Å². The maximum Gasteiger partial charge on any atom is 0.108 e. The van der Waals surface area contributed by atoms with Crippen LogP contribution < -0.4 is 16.8 Å². The highest BCUT2D eigenvalue weighted by Gasteiger charge is 2.28. The monoisotopic (exact) mass is 203 g/mol. The fourth-order valence-corrected chi connectivity index (χ4v) is 1.67. The third-order valence-corrected chi connectivity index (χ3v) is 2.92. The first kappa shape index (κ1) is 10.1. The van der Waals surface area contributed by atoms with E-state index in [2.05, 4.69) is 19.2 Å². The van der Waals surface area contributed by atoms with Crippen molar-refractivity contribution in [1.82, 2.24) is 0 Å². The van der Waals surface area contributed by atoms with Gasteiger partial charge in [0, 0.05) is 11.4 Å². The van der Waals surface area contributed by atoms with Gasteiger partial charge in [-0.1, -0.05) is 19.9 Å². The Kier molecular flexibility index (Phi) is 2.20. The Balaban J connectivity index is 2.40. The Bertz CT molecular complexity index is 409. The van der Waals surface area contributed by atoms with E-state index < -0.39 is 5.66 Å². The molecule has 1 unspecified atom stereocenters. The molecule has 1 aliphatic heterocycles. The summed E-state index contributed by atoms with van der Waals surface area (Å²) >= 11 is 0. The summed E-state index contributed by atoms with van der Waals surface area (Å²) in [5.41, 5.74) is 14.4. The second kappa shape index (κ2) is 3.28. The van der Waals surface area contributed by atoms with Crippen molar-refractivity contribution < 1.29 is 0 Å². The zero-order valence-corrected chi connectivity index (χ0v) is 9.12. The maximum atomic E-state index is 6.23. The van der Waals surface area contributed by atoms with Gasteiger partial charge in [-0.3, -0.25) is 0 Å². The van der Waals surface area contributed by atoms with Crippen LogP contribution in [-0.2, 0) is 0 Å². The van der Waals surface area contributed by atoms with E-state index >= 15 is 0 Å². The molecule has 0 aliphatic carbocycles. The lowest BCUT2D eigenvalue weighted by Crippen LogP contribution is -2.51. The van der Waals surface area contributed by atoms with Gasteiger partial charge in [-0.05, 0) is 35.8 Å². The Hall–Kier alpha value is -1.48. The van der Waals surface area contributed by atoms with E-state index in [1.54, 1.807) is 0 Å². The quantitative estimate of drug-likeness (QED) is 0.612. The molecule has 5 N–H and O–H groups in total. The Morgan fingerprint density at radius 3 is 2.73 bits per heavy atom. The number of hydrogen-bond acceptors (Lipinski definition) is 3. The molecule has 3 heteroatoms. The standard InChI is InChI=1S/C12H17N3/c1-8(2)12(14)6-5-9-7-10(13)3-4-11(9)15-12/h3-8,15H,13-14H2,1-2H3. The van der Waals surface area contributed by atoms with Gasteiger partial charge < -0.3 is 16.8 Å². The number of anilines is 2. The first-order chi connectivity index (χ1) is 7.01. The minimum Gasteiger partial charge on any atom is -0.399 e. The van der Waals surface area contributed by atoms with Crippen molar-refractivity contribution in [1.29, 1.82) is 0 Å². The molecule has 1 aliphatic rings. The number of nitrogens with two attached hydrogens (primary N) is 2. The van der Waals surface area contributed by atoms with Gasteiger partial charge in [0.15, 0.2) is 0 Å². The summed E-state index contributed by atoms with van der Waals surface area (Å²) in [6.45, 7) is 4.19. The fourth-order valence-electron chi connectivity index (χ4n) is 1.67. The average Bonchev–Trinajstić information content (AvgIpc) is 2.18. The molecular formula is C12H17N3. The average molecular weight is 203 g/mol. The molecule has 0 saturated carbocycles. The van der Waals surface area contributed by atoms with Crippen molar-refractivity contribution >= 4 is 17.5 Å². The summed E-state index contributed by atoms with van der Waals surface area (Å²) in [6.07, 6.45) is 4.03. The van der Waals surface area contributed by atoms with Crippen LogP contribution in [0.1, 0.15) is 19.4 Å². The summed E-state index contributed by atoms with van der Waals surface area (Å²) in [5.74, 6) is 0.333. The number of nitrogens with one attached hydrogen (secondary N) is 1. The van der Waals surface area contributed by atoms with E-state index in [0.717, 1.165) is 16.9 Å². The van der Waals surface area contributed by atoms with Gasteiger partial charge in [-0.25, -0.2) is 0 Å². The molecule has 0 bridgehead atoms. The topological polar surface area (TPSA) is 64.1 Å². The van der Waals surface area contributed by atoms with Crippen molar-refractivity contribution in [2.45, 2.75) is 19.5 Å². The van der Waals surface area contributed by atoms with Crippen molar-refractivity contribution in [2.24, 2.45) is 11.7 Å². The highest BCUT2D eigenvalue weighted by molar-refractivity contribution is 5.75. The molecule has 0 aromatic heterocycles. The summed E-state index contributed by atoms with van der Waals surface area (Å²) in [4.78, 5) is 0. The number of benzene rings is 1. The predicted octanol–water partition coefficient (Wildman–Crippen LogP) is 2.02. The summed E-state index contributed by atoms with van der Waals surface area (Å²) in [5, 5.41) is 3.34. The summed E-state index contributed by atoms with van der Waals surface area (Å²) < 4.78 is 0. The highest BCUT2D eigenvalue weighted by atomic mass is 15.1. The summed E-state index contributed by atoms with van der Waals surface area (Å²) in [7, 11) is 0. The fraction of sp³-hybridized carbons (Fsp3) is 0.333. The van der Waals surface area contributed by atoms with E-state index in [1.807, 2.05) is 30.4 Å². The third kappa shape index (κ3) is 1.70. The van der Waals surface area contributed by atoms with Crippen molar-refractivity contribution in [3.05, 3.63) is 29.8 Å². The Morgan fingerprint density at radius 1 is 1.33 bits per heavy atom. The van der Waals surface area contributed by atoms with Crippen molar-refractivity contribution in [3.63, 3.8) is 0 Å². The summed E-state index contributed by atoms with van der Waals surface area (Å²) in [6, 6.07) is 5.79. The van der Waals surface area contributed by atoms with Gasteiger partial charge in [0.05, 0.1) is 0 Å². The first-order valence-electron chi connectivity index (χ1n) is 5.17. The third-order valence-electron chi connectivity index (χ3n) is 2.92. The molecule has 2 rings (SSSR count). The maximum absolute atomic E-state index is 6.23. The first-order valence-corrected chi connectivity index (χ1v) is 5.17. The molecule has 15 heavy (non-hydrogen) atoms. The SMILES string of the molecule is CC(C)C1(N)C=Cc2cc(N)ccc2N1. The number of fused-ring (bicyclic) bond motifs is 1. The van der Waals surface area contributed by atoms with E-state index in [0.29, 0.717) is 5.92 Å². The van der Waals surface area contributed by atoms with Crippen LogP contribution in [0.5, 0.6) is 0 Å². The van der Waals surface area contributed by atoms with E-state index in [-0.39, 0.29) is 0 Å². The van der Waals surface area contributed by atoms with Crippen LogP contribution in [0.15, 0.2) is 24.3 Å². The van der Waals surface area contributed by atoms with Gasteiger partial charge >= 0.3 is 0 Å². The van der Waals surface area contributed by atoms with Crippen LogP contribution in [0.2, 0.25) is 0 Å². The highest BCUT2D eigenvalue weighted by Crippen LogP contribution is 2.30. The van der Waals surface area contributed by atoms with Crippen LogP contribution >= 0.6 is 0 Å². The second-order valence-corrected chi connectivity index (χ2v) is 4.39. The Morgan fingerprint density at radius 2 is 2.07 bits per heavy atom. The van der Waals surface area contributed by atoms with E-state index in [9.17, 15) is 0 Å².